The first-order chi connectivity index (χ1) is 11.3. The van der Waals surface area contributed by atoms with Crippen molar-refractivity contribution in [3.05, 3.63) is 12.2 Å². The van der Waals surface area contributed by atoms with Gasteiger partial charge >= 0.3 is 5.97 Å². The maximum absolute atomic E-state index is 12.7. The minimum Gasteiger partial charge on any atom is -0.463 e. The molecule has 0 aliphatic heterocycles. The van der Waals surface area contributed by atoms with Crippen molar-refractivity contribution in [2.75, 3.05) is 19.7 Å². The lowest BCUT2D eigenvalue weighted by Crippen LogP contribution is -2.40. The van der Waals surface area contributed by atoms with Crippen LogP contribution < -0.4 is 0 Å². The SMILES string of the molecule is C=C(C)C(=O)N(CCCC)CCOC(=O)C(C)(CC(C)(C)C)C(C)C. The molecule has 4 heteroatoms. The average molecular weight is 354 g/mol. The number of esters is 1. The highest BCUT2D eigenvalue weighted by Crippen LogP contribution is 2.40. The molecule has 1 unspecified atom stereocenters. The van der Waals surface area contributed by atoms with E-state index in [-0.39, 0.29) is 29.8 Å². The number of hydrogen-bond acceptors (Lipinski definition) is 3. The summed E-state index contributed by atoms with van der Waals surface area (Å²) in [5.74, 6) is -0.0473. The summed E-state index contributed by atoms with van der Waals surface area (Å²) in [5, 5.41) is 0. The topological polar surface area (TPSA) is 46.6 Å². The highest BCUT2D eigenvalue weighted by molar-refractivity contribution is 5.92. The van der Waals surface area contributed by atoms with E-state index in [4.69, 9.17) is 4.74 Å². The van der Waals surface area contributed by atoms with Crippen LogP contribution in [0.1, 0.15) is 74.7 Å². The largest absolute Gasteiger partial charge is 0.463 e. The van der Waals surface area contributed by atoms with Crippen molar-refractivity contribution < 1.29 is 14.3 Å². The molecule has 0 fully saturated rings. The van der Waals surface area contributed by atoms with Crippen LogP contribution in [0, 0.1) is 16.7 Å². The lowest BCUT2D eigenvalue weighted by atomic mass is 9.69. The number of rotatable bonds is 10. The molecule has 1 atom stereocenters. The van der Waals surface area contributed by atoms with Crippen LogP contribution in [-0.2, 0) is 14.3 Å². The number of ether oxygens (including phenoxy) is 1. The predicted octanol–water partition coefficient (Wildman–Crippen LogP) is 4.83. The third kappa shape index (κ3) is 8.06. The zero-order valence-electron chi connectivity index (χ0n) is 17.7. The number of amides is 1. The molecule has 4 nitrogen and oxygen atoms in total. The van der Waals surface area contributed by atoms with Gasteiger partial charge in [0.25, 0.3) is 0 Å². The summed E-state index contributed by atoms with van der Waals surface area (Å²) in [5.41, 5.74) is 0.0357. The maximum Gasteiger partial charge on any atom is 0.312 e. The van der Waals surface area contributed by atoms with E-state index in [9.17, 15) is 9.59 Å². The molecular formula is C21H39NO3. The molecule has 0 aliphatic carbocycles. The van der Waals surface area contributed by atoms with Crippen molar-refractivity contribution in [2.24, 2.45) is 16.7 Å². The van der Waals surface area contributed by atoms with Crippen molar-refractivity contribution in [1.82, 2.24) is 4.90 Å². The number of carbonyl (C=O) groups excluding carboxylic acids is 2. The highest BCUT2D eigenvalue weighted by Gasteiger charge is 2.41. The summed E-state index contributed by atoms with van der Waals surface area (Å²) in [6.45, 7) is 21.4. The maximum atomic E-state index is 12.7. The van der Waals surface area contributed by atoms with E-state index in [0.29, 0.717) is 18.7 Å². The zero-order chi connectivity index (χ0) is 19.8. The molecule has 146 valence electrons. The quantitative estimate of drug-likeness (QED) is 0.417. The van der Waals surface area contributed by atoms with E-state index in [2.05, 4.69) is 48.1 Å². The van der Waals surface area contributed by atoms with Gasteiger partial charge in [-0.2, -0.15) is 0 Å². The van der Waals surface area contributed by atoms with Crippen molar-refractivity contribution in [1.29, 1.82) is 0 Å². The monoisotopic (exact) mass is 353 g/mol. The zero-order valence-corrected chi connectivity index (χ0v) is 17.7. The van der Waals surface area contributed by atoms with E-state index < -0.39 is 5.41 Å². The molecule has 0 bridgehead atoms. The van der Waals surface area contributed by atoms with Gasteiger partial charge < -0.3 is 9.64 Å². The third-order valence-electron chi connectivity index (χ3n) is 4.67. The van der Waals surface area contributed by atoms with Crippen LogP contribution in [0.5, 0.6) is 0 Å². The van der Waals surface area contributed by atoms with Crippen molar-refractivity contribution in [3.63, 3.8) is 0 Å². The molecule has 0 heterocycles. The van der Waals surface area contributed by atoms with E-state index in [1.165, 1.54) is 0 Å². The fourth-order valence-electron chi connectivity index (χ4n) is 2.96. The van der Waals surface area contributed by atoms with Gasteiger partial charge in [0.15, 0.2) is 0 Å². The third-order valence-corrected chi connectivity index (χ3v) is 4.67. The Labute approximate surface area is 155 Å². The minimum atomic E-state index is -0.523. The highest BCUT2D eigenvalue weighted by atomic mass is 16.5. The predicted molar refractivity (Wildman–Crippen MR) is 104 cm³/mol. The van der Waals surface area contributed by atoms with Crippen LogP contribution in [0.4, 0.5) is 0 Å². The summed E-state index contributed by atoms with van der Waals surface area (Å²) in [7, 11) is 0. The summed E-state index contributed by atoms with van der Waals surface area (Å²) in [6.07, 6.45) is 2.71. The van der Waals surface area contributed by atoms with Gasteiger partial charge in [0.1, 0.15) is 6.61 Å². The number of carbonyl (C=O) groups is 2. The van der Waals surface area contributed by atoms with E-state index >= 15 is 0 Å². The smallest absolute Gasteiger partial charge is 0.312 e. The Kier molecular flexibility index (Phi) is 9.45. The van der Waals surface area contributed by atoms with Gasteiger partial charge in [0, 0.05) is 12.1 Å². The molecule has 0 saturated carbocycles. The normalized spacial score (nSPS) is 14.1. The first-order valence-electron chi connectivity index (χ1n) is 9.47. The Hall–Kier alpha value is -1.32. The lowest BCUT2D eigenvalue weighted by molar-refractivity contribution is -0.161. The van der Waals surface area contributed by atoms with Crippen molar-refractivity contribution in [2.45, 2.75) is 74.7 Å². The second-order valence-corrected chi connectivity index (χ2v) is 8.87. The fourth-order valence-corrected chi connectivity index (χ4v) is 2.96. The molecule has 1 amide bonds. The number of unbranched alkanes of at least 4 members (excludes halogenated alkanes) is 1. The molecular weight excluding hydrogens is 314 g/mol. The van der Waals surface area contributed by atoms with Gasteiger partial charge in [-0.15, -0.1) is 0 Å². The molecule has 0 spiro atoms. The van der Waals surface area contributed by atoms with E-state index in [1.807, 2.05) is 6.92 Å². The molecule has 0 aromatic rings. The van der Waals surface area contributed by atoms with E-state index in [1.54, 1.807) is 11.8 Å². The summed E-state index contributed by atoms with van der Waals surface area (Å²) in [6, 6.07) is 0. The second kappa shape index (κ2) is 9.98. The number of hydrogen-bond donors (Lipinski definition) is 0. The van der Waals surface area contributed by atoms with Crippen LogP contribution in [0.25, 0.3) is 0 Å². The van der Waals surface area contributed by atoms with Gasteiger partial charge in [-0.05, 0) is 38.0 Å². The van der Waals surface area contributed by atoms with E-state index in [0.717, 1.165) is 19.3 Å². The van der Waals surface area contributed by atoms with Gasteiger partial charge in [-0.25, -0.2) is 0 Å². The Balaban J connectivity index is 4.86. The van der Waals surface area contributed by atoms with Crippen LogP contribution in [-0.4, -0.2) is 36.5 Å². The first-order valence-corrected chi connectivity index (χ1v) is 9.47. The molecule has 25 heavy (non-hydrogen) atoms. The van der Waals surface area contributed by atoms with Gasteiger partial charge in [0.2, 0.25) is 5.91 Å². The molecule has 0 radical (unpaired) electrons. The summed E-state index contributed by atoms with van der Waals surface area (Å²) >= 11 is 0. The van der Waals surface area contributed by atoms with Gasteiger partial charge in [0.05, 0.1) is 12.0 Å². The van der Waals surface area contributed by atoms with Gasteiger partial charge in [-0.3, -0.25) is 9.59 Å². The molecule has 0 N–H and O–H groups in total. The van der Waals surface area contributed by atoms with Crippen LogP contribution in [0.15, 0.2) is 12.2 Å². The lowest BCUT2D eigenvalue weighted by Gasteiger charge is -2.37. The Morgan fingerprint density at radius 2 is 1.68 bits per heavy atom. The summed E-state index contributed by atoms with van der Waals surface area (Å²) in [4.78, 5) is 26.7. The van der Waals surface area contributed by atoms with Crippen LogP contribution >= 0.6 is 0 Å². The average Bonchev–Trinajstić information content (AvgIpc) is 2.47. The van der Waals surface area contributed by atoms with Crippen molar-refractivity contribution >= 4 is 11.9 Å². The molecule has 0 saturated heterocycles. The molecule has 0 rings (SSSR count). The molecule has 0 aliphatic rings. The number of nitrogens with zero attached hydrogens (tertiary/aromatic N) is 1. The molecule has 0 aromatic carbocycles. The van der Waals surface area contributed by atoms with Gasteiger partial charge in [-0.1, -0.05) is 54.5 Å². The van der Waals surface area contributed by atoms with Crippen LogP contribution in [0.3, 0.4) is 0 Å². The minimum absolute atomic E-state index is 0.0428. The Morgan fingerprint density at radius 1 is 1.12 bits per heavy atom. The second-order valence-electron chi connectivity index (χ2n) is 8.87. The standard InChI is InChI=1S/C21H39NO3/c1-10-11-12-22(18(23)16(2)3)13-14-25-19(24)21(9,17(4)5)15-20(6,7)8/h17H,2,10-15H2,1,3-9H3. The Bertz CT molecular complexity index is 462. The summed E-state index contributed by atoms with van der Waals surface area (Å²) < 4.78 is 5.59. The van der Waals surface area contributed by atoms with Crippen LogP contribution in [0.2, 0.25) is 0 Å². The fraction of sp³-hybridized carbons (Fsp3) is 0.810. The Morgan fingerprint density at radius 3 is 2.08 bits per heavy atom. The molecule has 0 aromatic heterocycles. The van der Waals surface area contributed by atoms with Crippen molar-refractivity contribution in [3.8, 4) is 0 Å². The first kappa shape index (κ1) is 23.7.